The van der Waals surface area contributed by atoms with E-state index in [1.807, 2.05) is 6.20 Å². The molecule has 4 heteroatoms. The van der Waals surface area contributed by atoms with Crippen molar-refractivity contribution in [1.29, 1.82) is 0 Å². The molecule has 0 amide bonds. The molecule has 5 rings (SSSR count). The highest BCUT2D eigenvalue weighted by molar-refractivity contribution is 6.11. The monoisotopic (exact) mass is 377 g/mol. The number of pyridine rings is 1. The second-order valence-corrected chi connectivity index (χ2v) is 8.24. The molecule has 146 valence electrons. The Hall–Kier alpha value is -2.33. The first-order valence-corrected chi connectivity index (χ1v) is 10.3. The first kappa shape index (κ1) is 17.7. The van der Waals surface area contributed by atoms with Gasteiger partial charge in [-0.15, -0.1) is 0 Å². The summed E-state index contributed by atoms with van der Waals surface area (Å²) in [6.07, 6.45) is 7.00. The molecule has 1 N–H and O–H groups in total. The molecule has 4 nitrogen and oxygen atoms in total. The minimum absolute atomic E-state index is 0.362. The van der Waals surface area contributed by atoms with Gasteiger partial charge in [-0.2, -0.15) is 0 Å². The molecule has 0 radical (unpaired) electrons. The van der Waals surface area contributed by atoms with Crippen LogP contribution in [0.4, 0.5) is 0 Å². The van der Waals surface area contributed by atoms with Crippen molar-refractivity contribution < 1.29 is 14.6 Å². The third-order valence-electron chi connectivity index (χ3n) is 6.96. The van der Waals surface area contributed by atoms with E-state index in [4.69, 9.17) is 14.5 Å². The number of benzene rings is 2. The molecule has 3 aromatic rings. The van der Waals surface area contributed by atoms with Crippen molar-refractivity contribution in [3.05, 3.63) is 41.1 Å². The van der Waals surface area contributed by atoms with Gasteiger partial charge < -0.3 is 14.6 Å². The molecular weight excluding hydrogens is 350 g/mol. The van der Waals surface area contributed by atoms with E-state index < -0.39 is 6.10 Å². The smallest absolute Gasteiger partial charge is 0.161 e. The van der Waals surface area contributed by atoms with E-state index in [2.05, 4.69) is 25.1 Å². The van der Waals surface area contributed by atoms with Gasteiger partial charge in [0, 0.05) is 17.1 Å². The van der Waals surface area contributed by atoms with E-state index in [1.54, 1.807) is 14.2 Å². The van der Waals surface area contributed by atoms with Crippen LogP contribution in [0.15, 0.2) is 24.4 Å². The van der Waals surface area contributed by atoms with Crippen LogP contribution in [-0.2, 0) is 12.8 Å². The lowest BCUT2D eigenvalue weighted by Crippen LogP contribution is -2.26. The van der Waals surface area contributed by atoms with Crippen LogP contribution in [0.5, 0.6) is 11.5 Å². The number of fused-ring (bicyclic) bond motifs is 7. The third kappa shape index (κ3) is 2.44. The molecule has 28 heavy (non-hydrogen) atoms. The molecule has 1 aromatic heterocycles. The van der Waals surface area contributed by atoms with Gasteiger partial charge in [0.05, 0.1) is 25.8 Å². The largest absolute Gasteiger partial charge is 0.493 e. The van der Waals surface area contributed by atoms with Crippen LogP contribution >= 0.6 is 0 Å². The van der Waals surface area contributed by atoms with E-state index in [0.717, 1.165) is 52.6 Å². The second-order valence-electron chi connectivity index (χ2n) is 8.24. The zero-order chi connectivity index (χ0) is 19.4. The standard InChI is InChI=1S/C24H27NO3/c1-4-13-8-19-17-11-21(28-3)20(27-2)10-16(17)18-9-14-6-5-7-15(14)24(26)22(18)23(19)25-12-13/h8,10-12,14-15,24,26H,4-7,9H2,1-3H3/t14?,15-,24-/m1/s1. The SMILES string of the molecule is CCc1cnc2c3c(c4cc(OC)c(OC)cc4c2c1)CC1CCC[C@H]1[C@H]3O. The van der Waals surface area contributed by atoms with Gasteiger partial charge in [0.1, 0.15) is 0 Å². The number of hydrogen-bond acceptors (Lipinski definition) is 4. The van der Waals surface area contributed by atoms with Crippen LogP contribution in [0, 0.1) is 11.8 Å². The van der Waals surface area contributed by atoms with Gasteiger partial charge in [0.15, 0.2) is 11.5 Å². The van der Waals surface area contributed by atoms with Crippen molar-refractivity contribution in [2.45, 2.75) is 45.1 Å². The van der Waals surface area contributed by atoms with E-state index in [9.17, 15) is 5.11 Å². The normalized spacial score (nSPS) is 23.6. The van der Waals surface area contributed by atoms with Gasteiger partial charge in [-0.25, -0.2) is 0 Å². The van der Waals surface area contributed by atoms with Gasteiger partial charge in [-0.05, 0) is 77.6 Å². The third-order valence-corrected chi connectivity index (χ3v) is 6.96. The minimum atomic E-state index is -0.434. The minimum Gasteiger partial charge on any atom is -0.493 e. The number of aromatic nitrogens is 1. The van der Waals surface area contributed by atoms with Crippen LogP contribution in [0.1, 0.15) is 49.0 Å². The fourth-order valence-corrected chi connectivity index (χ4v) is 5.51. The molecule has 1 saturated carbocycles. The average Bonchev–Trinajstić information content (AvgIpc) is 3.21. The number of hydrogen-bond donors (Lipinski definition) is 1. The molecule has 0 saturated heterocycles. The molecule has 1 fully saturated rings. The molecule has 0 aliphatic heterocycles. The summed E-state index contributed by atoms with van der Waals surface area (Å²) < 4.78 is 11.2. The first-order chi connectivity index (χ1) is 13.7. The Morgan fingerprint density at radius 2 is 1.79 bits per heavy atom. The number of aliphatic hydroxyl groups excluding tert-OH is 1. The topological polar surface area (TPSA) is 51.6 Å². The van der Waals surface area contributed by atoms with E-state index in [-0.39, 0.29) is 0 Å². The van der Waals surface area contributed by atoms with Crippen molar-refractivity contribution in [1.82, 2.24) is 4.98 Å². The first-order valence-electron chi connectivity index (χ1n) is 10.3. The fraction of sp³-hybridized carbons (Fsp3) is 0.458. The predicted molar refractivity (Wildman–Crippen MR) is 111 cm³/mol. The summed E-state index contributed by atoms with van der Waals surface area (Å²) in [6.45, 7) is 2.14. The van der Waals surface area contributed by atoms with Gasteiger partial charge >= 0.3 is 0 Å². The Bertz CT molecular complexity index is 1070. The summed E-state index contributed by atoms with van der Waals surface area (Å²) in [4.78, 5) is 4.85. The van der Waals surface area contributed by atoms with Gasteiger partial charge in [-0.3, -0.25) is 4.98 Å². The molecule has 2 aliphatic rings. The molecule has 3 atom stereocenters. The summed E-state index contributed by atoms with van der Waals surface area (Å²) in [5.74, 6) is 2.39. The highest BCUT2D eigenvalue weighted by atomic mass is 16.5. The highest BCUT2D eigenvalue weighted by Gasteiger charge is 2.40. The van der Waals surface area contributed by atoms with Crippen molar-refractivity contribution in [2.75, 3.05) is 14.2 Å². The Balaban J connectivity index is 1.91. The Morgan fingerprint density at radius 3 is 2.50 bits per heavy atom. The zero-order valence-electron chi connectivity index (χ0n) is 16.8. The number of aliphatic hydroxyl groups is 1. The average molecular weight is 377 g/mol. The molecule has 0 spiro atoms. The summed E-state index contributed by atoms with van der Waals surface area (Å²) >= 11 is 0. The number of rotatable bonds is 3. The fourth-order valence-electron chi connectivity index (χ4n) is 5.51. The lowest BCUT2D eigenvalue weighted by molar-refractivity contribution is 0.0758. The predicted octanol–water partition coefficient (Wildman–Crippen LogP) is 4.97. The number of ether oxygens (including phenoxy) is 2. The lowest BCUT2D eigenvalue weighted by Gasteiger charge is -2.34. The molecule has 1 unspecified atom stereocenters. The number of aryl methyl sites for hydroxylation is 1. The maximum Gasteiger partial charge on any atom is 0.161 e. The zero-order valence-corrected chi connectivity index (χ0v) is 16.8. The maximum absolute atomic E-state index is 11.3. The molecule has 2 aliphatic carbocycles. The molecule has 1 heterocycles. The summed E-state index contributed by atoms with van der Waals surface area (Å²) in [7, 11) is 3.35. The Kier molecular flexibility index (Phi) is 4.20. The van der Waals surface area contributed by atoms with Crippen molar-refractivity contribution in [2.24, 2.45) is 11.8 Å². The van der Waals surface area contributed by atoms with Crippen LogP contribution in [0.3, 0.4) is 0 Å². The van der Waals surface area contributed by atoms with E-state index in [1.165, 1.54) is 29.4 Å². The Labute approximate surface area is 165 Å². The van der Waals surface area contributed by atoms with Gasteiger partial charge in [0.2, 0.25) is 0 Å². The molecule has 0 bridgehead atoms. The summed E-state index contributed by atoms with van der Waals surface area (Å²) in [5, 5.41) is 14.8. The summed E-state index contributed by atoms with van der Waals surface area (Å²) in [5.41, 5.74) is 4.44. The van der Waals surface area contributed by atoms with Gasteiger partial charge in [-0.1, -0.05) is 13.3 Å². The number of nitrogens with zero attached hydrogens (tertiary/aromatic N) is 1. The van der Waals surface area contributed by atoms with Crippen molar-refractivity contribution in [3.63, 3.8) is 0 Å². The second kappa shape index (κ2) is 6.63. The Morgan fingerprint density at radius 1 is 1.04 bits per heavy atom. The molecular formula is C24H27NO3. The lowest BCUT2D eigenvalue weighted by atomic mass is 9.73. The summed E-state index contributed by atoms with van der Waals surface area (Å²) in [6, 6.07) is 6.39. The van der Waals surface area contributed by atoms with Crippen molar-refractivity contribution >= 4 is 21.7 Å². The van der Waals surface area contributed by atoms with Crippen LogP contribution in [0.2, 0.25) is 0 Å². The van der Waals surface area contributed by atoms with Crippen molar-refractivity contribution in [3.8, 4) is 11.5 Å². The van der Waals surface area contributed by atoms with Crippen LogP contribution < -0.4 is 9.47 Å². The van der Waals surface area contributed by atoms with Crippen LogP contribution in [-0.4, -0.2) is 24.3 Å². The highest BCUT2D eigenvalue weighted by Crippen LogP contribution is 2.51. The van der Waals surface area contributed by atoms with Crippen LogP contribution in [0.25, 0.3) is 21.7 Å². The van der Waals surface area contributed by atoms with E-state index >= 15 is 0 Å². The quantitative estimate of drug-likeness (QED) is 0.655. The van der Waals surface area contributed by atoms with Gasteiger partial charge in [0.25, 0.3) is 0 Å². The van der Waals surface area contributed by atoms with E-state index in [0.29, 0.717) is 11.8 Å². The molecule has 2 aromatic carbocycles. The number of methoxy groups -OCH3 is 2. The maximum atomic E-state index is 11.3.